The fourth-order valence-electron chi connectivity index (χ4n) is 2.35. The van der Waals surface area contributed by atoms with E-state index >= 15 is 0 Å². The van der Waals surface area contributed by atoms with Gasteiger partial charge >= 0.3 is 5.97 Å². The number of rotatable bonds is 4. The molecule has 0 fully saturated rings. The first-order chi connectivity index (χ1) is 11.1. The van der Waals surface area contributed by atoms with Crippen molar-refractivity contribution in [2.45, 2.75) is 13.5 Å². The molecule has 0 aliphatic rings. The van der Waals surface area contributed by atoms with Gasteiger partial charge < -0.3 is 4.74 Å². The summed E-state index contributed by atoms with van der Waals surface area (Å²) in [6.45, 7) is 2.55. The molecule has 0 aliphatic heterocycles. The molecule has 3 rings (SSSR count). The van der Waals surface area contributed by atoms with Crippen molar-refractivity contribution in [1.29, 1.82) is 0 Å². The second kappa shape index (κ2) is 6.68. The molecule has 23 heavy (non-hydrogen) atoms. The molecule has 0 bridgehead atoms. The van der Waals surface area contributed by atoms with Gasteiger partial charge in [0.2, 0.25) is 0 Å². The standard InChI is InChI=1S/C17H14BrNO3S/c1-2-22-17(21)15-14(18)12-8-9-13(20)19(16(12)23-15)10-11-6-4-3-5-7-11/h3-9H,2,10H2,1H3. The van der Waals surface area contributed by atoms with Crippen molar-refractivity contribution < 1.29 is 9.53 Å². The Morgan fingerprint density at radius 1 is 1.22 bits per heavy atom. The molecule has 2 aromatic heterocycles. The van der Waals surface area contributed by atoms with Gasteiger partial charge in [0, 0.05) is 11.5 Å². The monoisotopic (exact) mass is 391 g/mol. The second-order valence-electron chi connectivity index (χ2n) is 4.93. The summed E-state index contributed by atoms with van der Waals surface area (Å²) < 4.78 is 7.44. The Morgan fingerprint density at radius 2 is 1.96 bits per heavy atom. The van der Waals surface area contributed by atoms with Gasteiger partial charge in [-0.3, -0.25) is 9.36 Å². The van der Waals surface area contributed by atoms with E-state index in [0.29, 0.717) is 22.5 Å². The average molecular weight is 392 g/mol. The molecule has 0 atom stereocenters. The minimum absolute atomic E-state index is 0.0921. The van der Waals surface area contributed by atoms with Crippen LogP contribution in [0.25, 0.3) is 10.2 Å². The van der Waals surface area contributed by atoms with Crippen LogP contribution in [-0.2, 0) is 11.3 Å². The van der Waals surface area contributed by atoms with Gasteiger partial charge in [0.15, 0.2) is 0 Å². The maximum absolute atomic E-state index is 12.3. The topological polar surface area (TPSA) is 48.3 Å². The Morgan fingerprint density at radius 3 is 2.65 bits per heavy atom. The van der Waals surface area contributed by atoms with Crippen molar-refractivity contribution in [3.63, 3.8) is 0 Å². The summed E-state index contributed by atoms with van der Waals surface area (Å²) in [6.07, 6.45) is 0. The number of hydrogen-bond acceptors (Lipinski definition) is 4. The van der Waals surface area contributed by atoms with Crippen molar-refractivity contribution in [1.82, 2.24) is 4.57 Å². The molecular formula is C17H14BrNO3S. The van der Waals surface area contributed by atoms with E-state index in [4.69, 9.17) is 4.74 Å². The Bertz CT molecular complexity index is 915. The zero-order valence-electron chi connectivity index (χ0n) is 12.4. The molecule has 1 aromatic carbocycles. The van der Waals surface area contributed by atoms with Gasteiger partial charge in [-0.25, -0.2) is 4.79 Å². The summed E-state index contributed by atoms with van der Waals surface area (Å²) in [5.74, 6) is -0.376. The molecule has 0 aliphatic carbocycles. The zero-order valence-corrected chi connectivity index (χ0v) is 14.8. The molecule has 0 spiro atoms. The maximum Gasteiger partial charge on any atom is 0.349 e. The van der Waals surface area contributed by atoms with Crippen LogP contribution < -0.4 is 5.56 Å². The molecule has 0 amide bonds. The van der Waals surface area contributed by atoms with Crippen LogP contribution in [-0.4, -0.2) is 17.1 Å². The van der Waals surface area contributed by atoms with Crippen LogP contribution in [0.5, 0.6) is 0 Å². The van der Waals surface area contributed by atoms with Crippen LogP contribution in [0.15, 0.2) is 51.7 Å². The Hall–Kier alpha value is -1.92. The number of thiophene rings is 1. The molecule has 0 saturated heterocycles. The highest BCUT2D eigenvalue weighted by atomic mass is 79.9. The Kier molecular flexibility index (Phi) is 4.63. The van der Waals surface area contributed by atoms with Gasteiger partial charge in [-0.05, 0) is 34.5 Å². The second-order valence-corrected chi connectivity index (χ2v) is 6.72. The number of carbonyl (C=O) groups is 1. The van der Waals surface area contributed by atoms with E-state index in [1.54, 1.807) is 17.6 Å². The van der Waals surface area contributed by atoms with E-state index in [1.165, 1.54) is 17.4 Å². The van der Waals surface area contributed by atoms with Crippen LogP contribution in [0.4, 0.5) is 0 Å². The van der Waals surface area contributed by atoms with E-state index in [2.05, 4.69) is 15.9 Å². The van der Waals surface area contributed by atoms with E-state index in [-0.39, 0.29) is 11.5 Å². The first-order valence-corrected chi connectivity index (χ1v) is 8.75. The lowest BCUT2D eigenvalue weighted by Crippen LogP contribution is -2.19. The summed E-state index contributed by atoms with van der Waals surface area (Å²) in [5.41, 5.74) is 0.940. The molecule has 2 heterocycles. The number of carbonyl (C=O) groups excluding carboxylic acids is 1. The van der Waals surface area contributed by atoms with Gasteiger partial charge in [0.05, 0.1) is 17.6 Å². The highest BCUT2D eigenvalue weighted by molar-refractivity contribution is 9.10. The number of halogens is 1. The van der Waals surface area contributed by atoms with Crippen LogP contribution in [0.1, 0.15) is 22.2 Å². The van der Waals surface area contributed by atoms with E-state index in [0.717, 1.165) is 15.8 Å². The molecule has 0 N–H and O–H groups in total. The highest BCUT2D eigenvalue weighted by Crippen LogP contribution is 2.35. The highest BCUT2D eigenvalue weighted by Gasteiger charge is 2.20. The largest absolute Gasteiger partial charge is 0.462 e. The smallest absolute Gasteiger partial charge is 0.349 e. The molecule has 0 saturated carbocycles. The lowest BCUT2D eigenvalue weighted by Gasteiger charge is -2.07. The number of nitrogens with zero attached hydrogens (tertiary/aromatic N) is 1. The van der Waals surface area contributed by atoms with Crippen molar-refractivity contribution >= 4 is 43.5 Å². The molecule has 0 radical (unpaired) electrons. The number of ether oxygens (including phenoxy) is 1. The zero-order chi connectivity index (χ0) is 16.4. The Balaban J connectivity index is 2.14. The predicted molar refractivity (Wildman–Crippen MR) is 95.3 cm³/mol. The third-order valence-corrected chi connectivity index (χ3v) is 5.71. The predicted octanol–water partition coefficient (Wildman–Crippen LogP) is 4.05. The van der Waals surface area contributed by atoms with E-state index in [9.17, 15) is 9.59 Å². The van der Waals surface area contributed by atoms with E-state index < -0.39 is 0 Å². The normalized spacial score (nSPS) is 10.9. The summed E-state index contributed by atoms with van der Waals surface area (Å²) in [7, 11) is 0. The minimum Gasteiger partial charge on any atom is -0.462 e. The summed E-state index contributed by atoms with van der Waals surface area (Å²) >= 11 is 4.73. The third kappa shape index (κ3) is 3.09. The number of esters is 1. The molecular weight excluding hydrogens is 378 g/mol. The molecule has 0 unspecified atom stereocenters. The van der Waals surface area contributed by atoms with Gasteiger partial charge in [0.25, 0.3) is 5.56 Å². The van der Waals surface area contributed by atoms with Gasteiger partial charge in [-0.15, -0.1) is 11.3 Å². The minimum atomic E-state index is -0.376. The first kappa shape index (κ1) is 16.0. The average Bonchev–Trinajstić information content (AvgIpc) is 2.89. The molecule has 3 aromatic rings. The van der Waals surface area contributed by atoms with Crippen LogP contribution >= 0.6 is 27.3 Å². The Labute approximate surface area is 145 Å². The van der Waals surface area contributed by atoms with Gasteiger partial charge in [-0.2, -0.15) is 0 Å². The lowest BCUT2D eigenvalue weighted by molar-refractivity contribution is 0.0531. The van der Waals surface area contributed by atoms with E-state index in [1.807, 2.05) is 30.3 Å². The third-order valence-electron chi connectivity index (χ3n) is 3.41. The van der Waals surface area contributed by atoms with Crippen LogP contribution in [0.2, 0.25) is 0 Å². The summed E-state index contributed by atoms with van der Waals surface area (Å²) in [5, 5.41) is 0.841. The van der Waals surface area contributed by atoms with Crippen molar-refractivity contribution in [2.75, 3.05) is 6.61 Å². The number of aromatic nitrogens is 1. The molecule has 118 valence electrons. The first-order valence-electron chi connectivity index (χ1n) is 7.14. The number of fused-ring (bicyclic) bond motifs is 1. The number of pyridine rings is 1. The van der Waals surface area contributed by atoms with Gasteiger partial charge in [-0.1, -0.05) is 30.3 Å². The number of benzene rings is 1. The van der Waals surface area contributed by atoms with Gasteiger partial charge in [0.1, 0.15) is 9.71 Å². The molecule has 4 nitrogen and oxygen atoms in total. The van der Waals surface area contributed by atoms with Crippen LogP contribution in [0.3, 0.4) is 0 Å². The molecule has 6 heteroatoms. The van der Waals surface area contributed by atoms with Crippen molar-refractivity contribution in [2.24, 2.45) is 0 Å². The maximum atomic E-state index is 12.3. The fourth-order valence-corrected chi connectivity index (χ4v) is 4.28. The van der Waals surface area contributed by atoms with Crippen LogP contribution in [0, 0.1) is 0 Å². The van der Waals surface area contributed by atoms with Crippen molar-refractivity contribution in [3.05, 3.63) is 67.7 Å². The van der Waals surface area contributed by atoms with Crippen molar-refractivity contribution in [3.8, 4) is 0 Å². The summed E-state index contributed by atoms with van der Waals surface area (Å²) in [6, 6.07) is 13.0. The number of hydrogen-bond donors (Lipinski definition) is 0. The lowest BCUT2D eigenvalue weighted by atomic mass is 10.2. The fraction of sp³-hybridized carbons (Fsp3) is 0.176. The SMILES string of the molecule is CCOC(=O)c1sc2c(ccc(=O)n2Cc2ccccc2)c1Br. The summed E-state index contributed by atoms with van der Waals surface area (Å²) in [4.78, 5) is 25.6. The quantitative estimate of drug-likeness (QED) is 0.630.